The number of hydrogen-bond donors (Lipinski definition) is 1. The molecule has 132 valence electrons. The summed E-state index contributed by atoms with van der Waals surface area (Å²) in [6.07, 6.45) is 3.24. The number of nitrogens with zero attached hydrogens (tertiary/aromatic N) is 2. The second-order valence-corrected chi connectivity index (χ2v) is 8.15. The first-order valence-electron chi connectivity index (χ1n) is 8.23. The fourth-order valence-electron chi connectivity index (χ4n) is 3.20. The number of thiazole rings is 1. The number of benzene rings is 1. The van der Waals surface area contributed by atoms with Crippen molar-refractivity contribution in [2.75, 3.05) is 13.1 Å². The van der Waals surface area contributed by atoms with Crippen LogP contribution in [0.1, 0.15) is 28.9 Å². The van der Waals surface area contributed by atoms with Crippen molar-refractivity contribution < 1.29 is 4.79 Å². The van der Waals surface area contributed by atoms with Crippen LogP contribution in [0.15, 0.2) is 36.4 Å². The number of carbonyl (C=O) groups is 1. The molecule has 3 heterocycles. The number of hydrogen-bond acceptors (Lipinski definition) is 5. The van der Waals surface area contributed by atoms with E-state index in [1.165, 1.54) is 16.0 Å². The minimum Gasteiger partial charge on any atom is -0.334 e. The molecule has 0 radical (unpaired) electrons. The Hall–Kier alpha value is -1.47. The van der Waals surface area contributed by atoms with E-state index in [9.17, 15) is 4.79 Å². The van der Waals surface area contributed by atoms with Gasteiger partial charge in [0.15, 0.2) is 0 Å². The highest BCUT2D eigenvalue weighted by atomic mass is 35.5. The van der Waals surface area contributed by atoms with Crippen LogP contribution in [0.25, 0.3) is 20.1 Å². The average molecular weight is 394 g/mol. The van der Waals surface area contributed by atoms with E-state index in [1.807, 2.05) is 35.2 Å². The molecule has 25 heavy (non-hydrogen) atoms. The minimum absolute atomic E-state index is 0. The van der Waals surface area contributed by atoms with Crippen LogP contribution in [-0.2, 0) is 0 Å². The number of para-hydroxylation sites is 1. The highest BCUT2D eigenvalue weighted by Crippen LogP contribution is 2.35. The second-order valence-electron chi connectivity index (χ2n) is 6.03. The summed E-state index contributed by atoms with van der Waals surface area (Å²) in [6.45, 7) is 1.36. The predicted molar refractivity (Wildman–Crippen MR) is 108 cm³/mol. The van der Waals surface area contributed by atoms with Crippen molar-refractivity contribution in [2.45, 2.75) is 25.3 Å². The number of rotatable bonds is 3. The molecule has 0 bridgehead atoms. The lowest BCUT2D eigenvalue weighted by Crippen LogP contribution is -2.47. The zero-order chi connectivity index (χ0) is 16.5. The molecule has 3 aromatic rings. The van der Waals surface area contributed by atoms with E-state index in [0.717, 1.165) is 46.1 Å². The Labute approximate surface area is 161 Å². The third kappa shape index (κ3) is 3.58. The van der Waals surface area contributed by atoms with Crippen LogP contribution in [0.4, 0.5) is 0 Å². The highest BCUT2D eigenvalue weighted by molar-refractivity contribution is 7.26. The highest BCUT2D eigenvalue weighted by Gasteiger charge is 2.27. The summed E-state index contributed by atoms with van der Waals surface area (Å²) < 4.78 is 1.17. The molecule has 1 saturated heterocycles. The maximum atomic E-state index is 12.8. The van der Waals surface area contributed by atoms with Crippen molar-refractivity contribution in [2.24, 2.45) is 5.73 Å². The topological polar surface area (TPSA) is 59.2 Å². The number of piperidine rings is 1. The van der Waals surface area contributed by atoms with Gasteiger partial charge in [0.1, 0.15) is 5.01 Å². The Kier molecular flexibility index (Phi) is 5.74. The van der Waals surface area contributed by atoms with E-state index in [-0.39, 0.29) is 24.4 Å². The average Bonchev–Trinajstić information content (AvgIpc) is 3.27. The lowest BCUT2D eigenvalue weighted by Gasteiger charge is -2.34. The van der Waals surface area contributed by atoms with Gasteiger partial charge in [-0.2, -0.15) is 0 Å². The number of thiophene rings is 1. The Bertz CT molecular complexity index is 843. The molecular formula is C18H20ClN3OS2. The molecule has 2 N–H and O–H groups in total. The van der Waals surface area contributed by atoms with Crippen molar-refractivity contribution >= 4 is 51.2 Å². The third-order valence-electron chi connectivity index (χ3n) is 4.48. The first-order valence-corrected chi connectivity index (χ1v) is 9.86. The molecule has 7 heteroatoms. The number of amides is 1. The molecule has 1 atom stereocenters. The van der Waals surface area contributed by atoms with Gasteiger partial charge in [0, 0.05) is 19.1 Å². The first kappa shape index (κ1) is 18.3. The molecule has 2 aromatic heterocycles. The zero-order valence-corrected chi connectivity index (χ0v) is 16.1. The predicted octanol–water partition coefficient (Wildman–Crippen LogP) is 4.40. The standard InChI is InChI=1S/C18H19N3OS2.ClH/c19-11-12-5-3-4-10-21(12)18(22)16-9-8-15(23-16)17-20-13-6-1-2-7-14(13)24-17;/h1-2,6-9,12H,3-5,10-11,19H2;1H. The Morgan fingerprint density at radius 3 is 2.84 bits per heavy atom. The van der Waals surface area contributed by atoms with Crippen LogP contribution < -0.4 is 5.73 Å². The summed E-state index contributed by atoms with van der Waals surface area (Å²) in [5.74, 6) is 0.113. The van der Waals surface area contributed by atoms with E-state index in [4.69, 9.17) is 5.73 Å². The fourth-order valence-corrected chi connectivity index (χ4v) is 5.18. The summed E-state index contributed by atoms with van der Waals surface area (Å²) in [5.41, 5.74) is 6.86. The number of fused-ring (bicyclic) bond motifs is 1. The SMILES string of the molecule is Cl.NCC1CCCCN1C(=O)c1ccc(-c2nc3ccccc3s2)s1. The summed E-state index contributed by atoms with van der Waals surface area (Å²) in [7, 11) is 0. The zero-order valence-electron chi connectivity index (χ0n) is 13.7. The maximum absolute atomic E-state index is 12.8. The van der Waals surface area contributed by atoms with E-state index in [0.29, 0.717) is 6.54 Å². The van der Waals surface area contributed by atoms with E-state index >= 15 is 0 Å². The van der Waals surface area contributed by atoms with Crippen LogP contribution in [-0.4, -0.2) is 34.9 Å². The van der Waals surface area contributed by atoms with Gasteiger partial charge >= 0.3 is 0 Å². The number of aromatic nitrogens is 1. The van der Waals surface area contributed by atoms with E-state index < -0.39 is 0 Å². The van der Waals surface area contributed by atoms with Gasteiger partial charge in [0.05, 0.1) is 20.0 Å². The maximum Gasteiger partial charge on any atom is 0.264 e. The Morgan fingerprint density at radius 2 is 2.04 bits per heavy atom. The monoisotopic (exact) mass is 393 g/mol. The van der Waals surface area contributed by atoms with Gasteiger partial charge in [-0.3, -0.25) is 4.79 Å². The number of nitrogens with two attached hydrogens (primary N) is 1. The van der Waals surface area contributed by atoms with Crippen molar-refractivity contribution in [3.05, 3.63) is 41.3 Å². The lowest BCUT2D eigenvalue weighted by atomic mass is 10.0. The molecule has 4 nitrogen and oxygen atoms in total. The largest absolute Gasteiger partial charge is 0.334 e. The van der Waals surface area contributed by atoms with Gasteiger partial charge < -0.3 is 10.6 Å². The van der Waals surface area contributed by atoms with E-state index in [2.05, 4.69) is 11.1 Å². The molecule has 4 rings (SSSR count). The van der Waals surface area contributed by atoms with Gasteiger partial charge in [-0.05, 0) is 43.5 Å². The van der Waals surface area contributed by atoms with Gasteiger partial charge in [-0.25, -0.2) is 4.98 Å². The second kappa shape index (κ2) is 7.83. The molecule has 0 aliphatic carbocycles. The van der Waals surface area contributed by atoms with Gasteiger partial charge in [-0.15, -0.1) is 35.1 Å². The van der Waals surface area contributed by atoms with Crippen LogP contribution in [0, 0.1) is 0 Å². The summed E-state index contributed by atoms with van der Waals surface area (Å²) in [6, 6.07) is 12.2. The molecule has 1 fully saturated rings. The molecule has 1 unspecified atom stereocenters. The van der Waals surface area contributed by atoms with Crippen LogP contribution in [0.5, 0.6) is 0 Å². The van der Waals surface area contributed by atoms with E-state index in [1.54, 1.807) is 11.3 Å². The number of halogens is 1. The summed E-state index contributed by atoms with van der Waals surface area (Å²) in [5, 5.41) is 0.981. The lowest BCUT2D eigenvalue weighted by molar-refractivity contribution is 0.0628. The summed E-state index contributed by atoms with van der Waals surface area (Å²) >= 11 is 3.20. The quantitative estimate of drug-likeness (QED) is 0.717. The molecule has 1 amide bonds. The molecule has 1 aromatic carbocycles. The smallest absolute Gasteiger partial charge is 0.264 e. The molecular weight excluding hydrogens is 374 g/mol. The fraction of sp³-hybridized carbons (Fsp3) is 0.333. The van der Waals surface area contributed by atoms with Crippen LogP contribution >= 0.6 is 35.1 Å². The van der Waals surface area contributed by atoms with Crippen molar-refractivity contribution in [3.63, 3.8) is 0 Å². The third-order valence-corrected chi connectivity index (χ3v) is 6.76. The summed E-state index contributed by atoms with van der Waals surface area (Å²) in [4.78, 5) is 21.3. The molecule has 0 spiro atoms. The van der Waals surface area contributed by atoms with Gasteiger partial charge in [0.25, 0.3) is 5.91 Å². The number of likely N-dealkylation sites (tertiary alicyclic amines) is 1. The number of carbonyl (C=O) groups excluding carboxylic acids is 1. The normalized spacial score (nSPS) is 17.5. The van der Waals surface area contributed by atoms with Crippen LogP contribution in [0.3, 0.4) is 0 Å². The minimum atomic E-state index is 0. The van der Waals surface area contributed by atoms with Crippen molar-refractivity contribution in [1.29, 1.82) is 0 Å². The van der Waals surface area contributed by atoms with Gasteiger partial charge in [0.2, 0.25) is 0 Å². The molecule has 0 saturated carbocycles. The van der Waals surface area contributed by atoms with Gasteiger partial charge in [-0.1, -0.05) is 12.1 Å². The van der Waals surface area contributed by atoms with Crippen LogP contribution in [0.2, 0.25) is 0 Å². The van der Waals surface area contributed by atoms with Crippen molar-refractivity contribution in [3.8, 4) is 9.88 Å². The first-order chi connectivity index (χ1) is 11.8. The Balaban J connectivity index is 0.00000182. The molecule has 1 aliphatic heterocycles. The molecule has 1 aliphatic rings. The Morgan fingerprint density at radius 1 is 1.20 bits per heavy atom. The van der Waals surface area contributed by atoms with Crippen molar-refractivity contribution in [1.82, 2.24) is 9.88 Å².